The lowest BCUT2D eigenvalue weighted by Crippen LogP contribution is -2.35. The van der Waals surface area contributed by atoms with Crippen LogP contribution in [-0.4, -0.2) is 63.0 Å². The van der Waals surface area contributed by atoms with Gasteiger partial charge in [0.05, 0.1) is 5.56 Å². The molecule has 1 aromatic rings. The molecule has 1 amide bonds. The number of nitrogens with zero attached hydrogens (tertiary/aromatic N) is 3. The number of nitrogen functional groups attached to an aromatic ring is 1. The van der Waals surface area contributed by atoms with Gasteiger partial charge in [-0.25, -0.2) is 0 Å². The molecule has 110 valence electrons. The number of nitrogens with two attached hydrogens (primary N) is 1. The first-order valence-electron chi connectivity index (χ1n) is 6.92. The van der Waals surface area contributed by atoms with E-state index in [9.17, 15) is 4.79 Å². The van der Waals surface area contributed by atoms with E-state index in [1.807, 2.05) is 36.0 Å². The Balaban J connectivity index is 2.23. The van der Waals surface area contributed by atoms with E-state index in [0.29, 0.717) is 17.3 Å². The molecule has 2 rings (SSSR count). The van der Waals surface area contributed by atoms with Crippen molar-refractivity contribution in [2.45, 2.75) is 12.5 Å². The molecule has 1 heterocycles. The highest BCUT2D eigenvalue weighted by Crippen LogP contribution is 2.25. The minimum atomic E-state index is 0.0744. The van der Waals surface area contributed by atoms with Crippen LogP contribution in [-0.2, 0) is 0 Å². The average molecular weight is 276 g/mol. The van der Waals surface area contributed by atoms with Crippen LogP contribution in [0.3, 0.4) is 0 Å². The summed E-state index contributed by atoms with van der Waals surface area (Å²) in [5.41, 5.74) is 8.07. The Labute approximate surface area is 120 Å². The maximum absolute atomic E-state index is 12.7. The molecular weight excluding hydrogens is 252 g/mol. The zero-order valence-electron chi connectivity index (χ0n) is 12.8. The van der Waals surface area contributed by atoms with Gasteiger partial charge in [0.2, 0.25) is 0 Å². The number of carbonyl (C=O) groups is 1. The van der Waals surface area contributed by atoms with Crippen molar-refractivity contribution in [3.05, 3.63) is 23.8 Å². The largest absolute Gasteiger partial charge is 0.399 e. The lowest BCUT2D eigenvalue weighted by Gasteiger charge is -2.23. The van der Waals surface area contributed by atoms with Gasteiger partial charge in [0.15, 0.2) is 0 Å². The Morgan fingerprint density at radius 1 is 1.30 bits per heavy atom. The highest BCUT2D eigenvalue weighted by molar-refractivity contribution is 6.00. The Hall–Kier alpha value is -1.75. The minimum absolute atomic E-state index is 0.0744. The summed E-state index contributed by atoms with van der Waals surface area (Å²) in [7, 11) is 8.00. The number of rotatable bonds is 3. The third-order valence-corrected chi connectivity index (χ3v) is 3.91. The Morgan fingerprint density at radius 2 is 2.00 bits per heavy atom. The number of amides is 1. The molecule has 5 nitrogen and oxygen atoms in total. The third kappa shape index (κ3) is 2.88. The van der Waals surface area contributed by atoms with E-state index in [1.54, 1.807) is 6.07 Å². The van der Waals surface area contributed by atoms with Gasteiger partial charge in [0, 0.05) is 44.6 Å². The molecule has 0 aromatic heterocycles. The van der Waals surface area contributed by atoms with E-state index < -0.39 is 0 Å². The van der Waals surface area contributed by atoms with Crippen LogP contribution < -0.4 is 10.6 Å². The fourth-order valence-corrected chi connectivity index (χ4v) is 2.63. The van der Waals surface area contributed by atoms with Crippen LogP contribution in [0.2, 0.25) is 0 Å². The number of benzene rings is 1. The second-order valence-electron chi connectivity index (χ2n) is 5.83. The van der Waals surface area contributed by atoms with E-state index in [0.717, 1.165) is 25.2 Å². The van der Waals surface area contributed by atoms with Crippen molar-refractivity contribution in [1.82, 2.24) is 9.80 Å². The number of carbonyl (C=O) groups excluding carboxylic acids is 1. The first-order chi connectivity index (χ1) is 9.40. The van der Waals surface area contributed by atoms with E-state index in [-0.39, 0.29) is 5.91 Å². The standard InChI is InChI=1S/C15H24N4O/c1-17(2)12-7-8-19(10-12)15(20)13-9-11(16)5-6-14(13)18(3)4/h5-6,9,12H,7-8,10,16H2,1-4H3. The molecule has 0 saturated carbocycles. The molecule has 1 aromatic carbocycles. The Kier molecular flexibility index (Phi) is 4.18. The Morgan fingerprint density at radius 3 is 2.55 bits per heavy atom. The van der Waals surface area contributed by atoms with E-state index in [1.165, 1.54) is 0 Å². The summed E-state index contributed by atoms with van der Waals surface area (Å²) in [6.45, 7) is 1.59. The predicted octanol–water partition coefficient (Wildman–Crippen LogP) is 1.11. The SMILES string of the molecule is CN(C)c1ccc(N)cc1C(=O)N1CCC(N(C)C)C1. The number of likely N-dealkylation sites (tertiary alicyclic amines) is 1. The van der Waals surface area contributed by atoms with Crippen LogP contribution in [0.1, 0.15) is 16.8 Å². The number of anilines is 2. The van der Waals surface area contributed by atoms with Gasteiger partial charge in [-0.1, -0.05) is 0 Å². The maximum Gasteiger partial charge on any atom is 0.256 e. The fourth-order valence-electron chi connectivity index (χ4n) is 2.63. The first-order valence-corrected chi connectivity index (χ1v) is 6.92. The van der Waals surface area contributed by atoms with E-state index >= 15 is 0 Å². The molecule has 0 aliphatic carbocycles. The van der Waals surface area contributed by atoms with Crippen molar-refractivity contribution in [1.29, 1.82) is 0 Å². The van der Waals surface area contributed by atoms with Crippen LogP contribution in [0.5, 0.6) is 0 Å². The van der Waals surface area contributed by atoms with Crippen molar-refractivity contribution >= 4 is 17.3 Å². The maximum atomic E-state index is 12.7. The van der Waals surface area contributed by atoms with Crippen LogP contribution in [0, 0.1) is 0 Å². The molecule has 5 heteroatoms. The minimum Gasteiger partial charge on any atom is -0.399 e. The molecule has 1 fully saturated rings. The zero-order chi connectivity index (χ0) is 14.9. The van der Waals surface area contributed by atoms with Gasteiger partial charge in [-0.2, -0.15) is 0 Å². The molecule has 0 bridgehead atoms. The summed E-state index contributed by atoms with van der Waals surface area (Å²) in [6.07, 6.45) is 1.03. The zero-order valence-corrected chi connectivity index (χ0v) is 12.8. The molecule has 20 heavy (non-hydrogen) atoms. The second kappa shape index (κ2) is 5.71. The van der Waals surface area contributed by atoms with Gasteiger partial charge in [-0.05, 0) is 38.7 Å². The molecule has 1 aliphatic heterocycles. The lowest BCUT2D eigenvalue weighted by atomic mass is 10.1. The average Bonchev–Trinajstić information content (AvgIpc) is 2.87. The van der Waals surface area contributed by atoms with Gasteiger partial charge in [0.1, 0.15) is 0 Å². The first kappa shape index (κ1) is 14.7. The molecule has 2 N–H and O–H groups in total. The number of hydrogen-bond donors (Lipinski definition) is 1. The summed E-state index contributed by atoms with van der Waals surface area (Å²) in [4.78, 5) is 18.8. The molecule has 0 spiro atoms. The monoisotopic (exact) mass is 276 g/mol. The topological polar surface area (TPSA) is 52.8 Å². The van der Waals surface area contributed by atoms with Gasteiger partial charge in [-0.15, -0.1) is 0 Å². The number of hydrogen-bond acceptors (Lipinski definition) is 4. The lowest BCUT2D eigenvalue weighted by molar-refractivity contribution is 0.0784. The quantitative estimate of drug-likeness (QED) is 0.840. The van der Waals surface area contributed by atoms with Crippen LogP contribution in [0.4, 0.5) is 11.4 Å². The van der Waals surface area contributed by atoms with Gasteiger partial charge in [0.25, 0.3) is 5.91 Å². The smallest absolute Gasteiger partial charge is 0.256 e. The molecular formula is C15H24N4O. The second-order valence-corrected chi connectivity index (χ2v) is 5.83. The van der Waals surface area contributed by atoms with Gasteiger partial charge in [-0.3, -0.25) is 4.79 Å². The molecule has 1 unspecified atom stereocenters. The fraction of sp³-hybridized carbons (Fsp3) is 0.533. The summed E-state index contributed by atoms with van der Waals surface area (Å²) in [5.74, 6) is 0.0744. The normalized spacial score (nSPS) is 18.6. The summed E-state index contributed by atoms with van der Waals surface area (Å²) in [5, 5.41) is 0. The van der Waals surface area contributed by atoms with Crippen LogP contribution >= 0.6 is 0 Å². The summed E-state index contributed by atoms with van der Waals surface area (Å²) in [6, 6.07) is 5.96. The van der Waals surface area contributed by atoms with Crippen molar-refractivity contribution < 1.29 is 4.79 Å². The van der Waals surface area contributed by atoms with Gasteiger partial charge >= 0.3 is 0 Å². The van der Waals surface area contributed by atoms with Crippen molar-refractivity contribution in [2.24, 2.45) is 0 Å². The predicted molar refractivity (Wildman–Crippen MR) is 83.2 cm³/mol. The van der Waals surface area contributed by atoms with Crippen LogP contribution in [0.25, 0.3) is 0 Å². The molecule has 1 atom stereocenters. The highest BCUT2D eigenvalue weighted by Gasteiger charge is 2.29. The number of likely N-dealkylation sites (N-methyl/N-ethyl adjacent to an activating group) is 1. The van der Waals surface area contributed by atoms with E-state index in [2.05, 4.69) is 19.0 Å². The summed E-state index contributed by atoms with van der Waals surface area (Å²) < 4.78 is 0. The molecule has 1 saturated heterocycles. The Bertz CT molecular complexity index is 499. The van der Waals surface area contributed by atoms with Crippen molar-refractivity contribution in [3.63, 3.8) is 0 Å². The van der Waals surface area contributed by atoms with Crippen LogP contribution in [0.15, 0.2) is 18.2 Å². The van der Waals surface area contributed by atoms with Gasteiger partial charge < -0.3 is 20.4 Å². The molecule has 1 aliphatic rings. The highest BCUT2D eigenvalue weighted by atomic mass is 16.2. The van der Waals surface area contributed by atoms with E-state index in [4.69, 9.17) is 5.73 Å². The third-order valence-electron chi connectivity index (χ3n) is 3.91. The van der Waals surface area contributed by atoms with Crippen molar-refractivity contribution in [2.75, 3.05) is 51.9 Å². The molecule has 0 radical (unpaired) electrons. The summed E-state index contributed by atoms with van der Waals surface area (Å²) >= 11 is 0. The van der Waals surface area contributed by atoms with Crippen molar-refractivity contribution in [3.8, 4) is 0 Å².